The fraction of sp³-hybridized carbons (Fsp3) is 0.333. The van der Waals surface area contributed by atoms with Gasteiger partial charge < -0.3 is 9.72 Å². The summed E-state index contributed by atoms with van der Waals surface area (Å²) < 4.78 is 5.66. The largest absolute Gasteiger partial charge is 0.474 e. The topological polar surface area (TPSA) is 55.0 Å². The average Bonchev–Trinajstić information content (AvgIpc) is 2.92. The van der Waals surface area contributed by atoms with E-state index in [1.54, 1.807) is 18.2 Å². The molecule has 0 spiro atoms. The quantitative estimate of drug-likeness (QED) is 0.846. The molecular formula is C15H16Cl2N2O2. The van der Waals surface area contributed by atoms with E-state index >= 15 is 0 Å². The van der Waals surface area contributed by atoms with Crippen LogP contribution in [0.4, 0.5) is 0 Å². The van der Waals surface area contributed by atoms with Gasteiger partial charge in [0, 0.05) is 12.1 Å². The van der Waals surface area contributed by atoms with Gasteiger partial charge >= 0.3 is 0 Å². The second-order valence-electron chi connectivity index (χ2n) is 4.69. The lowest BCUT2D eigenvalue weighted by molar-refractivity contribution is 0.201. The van der Waals surface area contributed by atoms with Gasteiger partial charge in [-0.15, -0.1) is 0 Å². The fourth-order valence-electron chi connectivity index (χ4n) is 2.05. The Bertz CT molecular complexity index is 625. The molecule has 21 heavy (non-hydrogen) atoms. The Morgan fingerprint density at radius 1 is 1.10 bits per heavy atom. The molecule has 0 amide bonds. The van der Waals surface area contributed by atoms with Crippen molar-refractivity contribution in [3.8, 4) is 5.88 Å². The number of hydrogen-bond acceptors (Lipinski definition) is 3. The molecule has 112 valence electrons. The average molecular weight is 327 g/mol. The lowest BCUT2D eigenvalue weighted by atomic mass is 10.3. The third-order valence-electron chi connectivity index (χ3n) is 3.01. The van der Waals surface area contributed by atoms with Crippen molar-refractivity contribution in [3.05, 3.63) is 57.1 Å². The Hall–Kier alpha value is -1.52. The Labute approximate surface area is 133 Å². The number of rotatable bonds is 2. The molecule has 6 heteroatoms. The van der Waals surface area contributed by atoms with Gasteiger partial charge in [0.25, 0.3) is 0 Å². The summed E-state index contributed by atoms with van der Waals surface area (Å²) in [7, 11) is 0. The molecule has 1 N–H and O–H groups in total. The molecule has 2 aromatic rings. The Morgan fingerprint density at radius 2 is 1.81 bits per heavy atom. The molecule has 2 heterocycles. The van der Waals surface area contributed by atoms with E-state index in [1.807, 2.05) is 12.1 Å². The van der Waals surface area contributed by atoms with E-state index in [-0.39, 0.29) is 5.56 Å². The van der Waals surface area contributed by atoms with Crippen molar-refractivity contribution in [3.63, 3.8) is 0 Å². The summed E-state index contributed by atoms with van der Waals surface area (Å²) in [5.74, 6) is 0.652. The van der Waals surface area contributed by atoms with Crippen LogP contribution in [-0.4, -0.2) is 16.1 Å². The minimum absolute atomic E-state index is 0.169. The van der Waals surface area contributed by atoms with E-state index in [2.05, 4.69) is 9.97 Å². The second-order valence-corrected chi connectivity index (χ2v) is 5.48. The van der Waals surface area contributed by atoms with Crippen LogP contribution in [0.25, 0.3) is 0 Å². The number of aromatic amines is 1. The van der Waals surface area contributed by atoms with Gasteiger partial charge in [0.15, 0.2) is 0 Å². The molecule has 0 unspecified atom stereocenters. The van der Waals surface area contributed by atoms with Crippen molar-refractivity contribution >= 4 is 23.2 Å². The zero-order valence-corrected chi connectivity index (χ0v) is 12.9. The first-order chi connectivity index (χ1) is 10.1. The summed E-state index contributed by atoms with van der Waals surface area (Å²) in [4.78, 5) is 16.8. The first-order valence-electron chi connectivity index (χ1n) is 6.77. The van der Waals surface area contributed by atoms with Crippen LogP contribution in [0.15, 0.2) is 41.2 Å². The number of aromatic nitrogens is 2. The van der Waals surface area contributed by atoms with Gasteiger partial charge in [-0.3, -0.25) is 4.79 Å². The third kappa shape index (κ3) is 5.78. The zero-order chi connectivity index (χ0) is 15.1. The van der Waals surface area contributed by atoms with E-state index < -0.39 is 0 Å². The second kappa shape index (κ2) is 8.05. The van der Waals surface area contributed by atoms with Gasteiger partial charge in [-0.25, -0.2) is 4.98 Å². The van der Waals surface area contributed by atoms with Crippen LogP contribution < -0.4 is 10.3 Å². The molecule has 1 fully saturated rings. The lowest BCUT2D eigenvalue weighted by Crippen LogP contribution is -2.11. The molecule has 1 saturated carbocycles. The maximum Gasteiger partial charge on any atom is 0.249 e. The molecule has 0 aromatic carbocycles. The van der Waals surface area contributed by atoms with Crippen molar-refractivity contribution in [1.82, 2.24) is 9.97 Å². The summed E-state index contributed by atoms with van der Waals surface area (Å²) in [5.41, 5.74) is -0.169. The van der Waals surface area contributed by atoms with Crippen LogP contribution in [0.5, 0.6) is 5.88 Å². The van der Waals surface area contributed by atoms with E-state index in [4.69, 9.17) is 27.9 Å². The SMILES string of the molecule is Clc1cccc(OC2CCCC2)n1.O=c1cccc(Cl)[nH]1. The number of halogens is 2. The highest BCUT2D eigenvalue weighted by Gasteiger charge is 2.16. The molecule has 0 aliphatic heterocycles. The van der Waals surface area contributed by atoms with Gasteiger partial charge in [-0.05, 0) is 37.8 Å². The molecule has 0 saturated heterocycles. The molecule has 2 aromatic heterocycles. The number of nitrogens with zero attached hydrogens (tertiary/aromatic N) is 1. The van der Waals surface area contributed by atoms with Gasteiger partial charge in [0.05, 0.1) is 0 Å². The first-order valence-corrected chi connectivity index (χ1v) is 7.53. The molecule has 3 rings (SSSR count). The molecule has 1 aliphatic rings. The molecule has 0 atom stereocenters. The minimum Gasteiger partial charge on any atom is -0.474 e. The molecule has 4 nitrogen and oxygen atoms in total. The fourth-order valence-corrected chi connectivity index (χ4v) is 2.38. The molecular weight excluding hydrogens is 311 g/mol. The number of H-pyrrole nitrogens is 1. The van der Waals surface area contributed by atoms with Crippen LogP contribution in [0.1, 0.15) is 25.7 Å². The summed E-state index contributed by atoms with van der Waals surface area (Å²) in [5, 5.41) is 0.869. The molecule has 1 aliphatic carbocycles. The van der Waals surface area contributed by atoms with Crippen LogP contribution >= 0.6 is 23.2 Å². The molecule has 0 radical (unpaired) electrons. The Kier molecular flexibility index (Phi) is 6.08. The molecule has 0 bridgehead atoms. The Morgan fingerprint density at radius 3 is 2.38 bits per heavy atom. The van der Waals surface area contributed by atoms with Gasteiger partial charge in [0.1, 0.15) is 16.4 Å². The van der Waals surface area contributed by atoms with Gasteiger partial charge in [-0.1, -0.05) is 35.3 Å². The van der Waals surface area contributed by atoms with E-state index in [1.165, 1.54) is 18.9 Å². The minimum atomic E-state index is -0.169. The number of nitrogens with one attached hydrogen (secondary N) is 1. The summed E-state index contributed by atoms with van der Waals surface area (Å²) >= 11 is 11.1. The van der Waals surface area contributed by atoms with Crippen molar-refractivity contribution in [2.75, 3.05) is 0 Å². The number of ether oxygens (including phenoxy) is 1. The normalized spacial score (nSPS) is 14.4. The van der Waals surface area contributed by atoms with E-state index in [0.29, 0.717) is 22.3 Å². The number of pyridine rings is 2. The predicted molar refractivity (Wildman–Crippen MR) is 84.2 cm³/mol. The maximum absolute atomic E-state index is 10.4. The predicted octanol–water partition coefficient (Wildman–Crippen LogP) is 4.08. The van der Waals surface area contributed by atoms with Gasteiger partial charge in [-0.2, -0.15) is 0 Å². The lowest BCUT2D eigenvalue weighted by Gasteiger charge is -2.11. The highest BCUT2D eigenvalue weighted by molar-refractivity contribution is 6.29. The third-order valence-corrected chi connectivity index (χ3v) is 3.44. The zero-order valence-electron chi connectivity index (χ0n) is 11.4. The Balaban J connectivity index is 0.000000173. The summed E-state index contributed by atoms with van der Waals surface area (Å²) in [6, 6.07) is 10.1. The van der Waals surface area contributed by atoms with E-state index in [0.717, 1.165) is 12.8 Å². The highest BCUT2D eigenvalue weighted by atomic mass is 35.5. The van der Waals surface area contributed by atoms with Crippen molar-refractivity contribution in [2.45, 2.75) is 31.8 Å². The number of hydrogen-bond donors (Lipinski definition) is 1. The van der Waals surface area contributed by atoms with Gasteiger partial charge in [0.2, 0.25) is 11.4 Å². The maximum atomic E-state index is 10.4. The smallest absolute Gasteiger partial charge is 0.249 e. The summed E-state index contributed by atoms with van der Waals surface area (Å²) in [6.45, 7) is 0. The standard InChI is InChI=1S/C10H12ClNO.C5H4ClNO/c11-9-6-3-7-10(12-9)13-8-4-1-2-5-8;6-4-2-1-3-5(8)7-4/h3,6-8H,1-2,4-5H2;1-3H,(H,7,8). The monoisotopic (exact) mass is 326 g/mol. The van der Waals surface area contributed by atoms with Crippen LogP contribution in [0.3, 0.4) is 0 Å². The van der Waals surface area contributed by atoms with Crippen molar-refractivity contribution in [1.29, 1.82) is 0 Å². The van der Waals surface area contributed by atoms with Crippen LogP contribution in [0, 0.1) is 0 Å². The van der Waals surface area contributed by atoms with E-state index in [9.17, 15) is 4.79 Å². The van der Waals surface area contributed by atoms with Crippen molar-refractivity contribution in [2.24, 2.45) is 0 Å². The highest BCUT2D eigenvalue weighted by Crippen LogP contribution is 2.23. The summed E-state index contributed by atoms with van der Waals surface area (Å²) in [6.07, 6.45) is 5.18. The first kappa shape index (κ1) is 15.9. The van der Waals surface area contributed by atoms with Crippen molar-refractivity contribution < 1.29 is 4.74 Å². The van der Waals surface area contributed by atoms with Crippen LogP contribution in [-0.2, 0) is 0 Å². The van der Waals surface area contributed by atoms with Crippen LogP contribution in [0.2, 0.25) is 10.3 Å².